The summed E-state index contributed by atoms with van der Waals surface area (Å²) < 4.78 is 30.0. The fraction of sp³-hybridized carbons (Fsp3) is 0.200. The highest BCUT2D eigenvalue weighted by Crippen LogP contribution is 2.24. The van der Waals surface area contributed by atoms with Gasteiger partial charge >= 0.3 is 0 Å². The Balaban J connectivity index is 2.33. The van der Waals surface area contributed by atoms with Gasteiger partial charge in [0.2, 0.25) is 0 Å². The molecule has 4 nitrogen and oxygen atoms in total. The predicted molar refractivity (Wildman–Crippen MR) is 83.2 cm³/mol. The van der Waals surface area contributed by atoms with Gasteiger partial charge in [-0.1, -0.05) is 29.8 Å². The highest BCUT2D eigenvalue weighted by molar-refractivity contribution is 7.90. The van der Waals surface area contributed by atoms with Crippen LogP contribution in [-0.4, -0.2) is 15.5 Å². The van der Waals surface area contributed by atoms with E-state index in [0.29, 0.717) is 22.9 Å². The Kier molecular flexibility index (Phi) is 4.88. The van der Waals surface area contributed by atoms with Gasteiger partial charge in [-0.3, -0.25) is 0 Å². The van der Waals surface area contributed by atoms with E-state index in [9.17, 15) is 8.42 Å². The molecule has 0 saturated heterocycles. The summed E-state index contributed by atoms with van der Waals surface area (Å²) in [5, 5.41) is 0.395. The molecule has 0 heterocycles. The molecule has 0 spiro atoms. The summed E-state index contributed by atoms with van der Waals surface area (Å²) in [7, 11) is -1.92. The zero-order chi connectivity index (χ0) is 15.5. The van der Waals surface area contributed by atoms with Crippen LogP contribution in [0.5, 0.6) is 5.75 Å². The Morgan fingerprint density at radius 2 is 1.95 bits per heavy atom. The van der Waals surface area contributed by atoms with Gasteiger partial charge in [0.25, 0.3) is 0 Å². The first-order valence-corrected chi connectivity index (χ1v) is 8.33. The van der Waals surface area contributed by atoms with Gasteiger partial charge in [0.15, 0.2) is 9.84 Å². The van der Waals surface area contributed by atoms with Gasteiger partial charge in [0.05, 0.1) is 17.8 Å². The van der Waals surface area contributed by atoms with Crippen LogP contribution < -0.4 is 10.5 Å². The van der Waals surface area contributed by atoms with Gasteiger partial charge in [-0.05, 0) is 29.8 Å². The summed E-state index contributed by atoms with van der Waals surface area (Å²) in [6.07, 6.45) is 0. The number of benzene rings is 2. The molecule has 6 heteroatoms. The topological polar surface area (TPSA) is 69.4 Å². The van der Waals surface area contributed by atoms with E-state index in [1.807, 2.05) is 0 Å². The summed E-state index contributed by atoms with van der Waals surface area (Å²) in [6, 6.07) is 11.5. The molecule has 0 aliphatic rings. The lowest BCUT2D eigenvalue weighted by atomic mass is 10.1. The standard InChI is InChI=1S/C15H16ClNO3S/c1-20-15-7-11(5-6-12(15)9-17)10-21(18,19)14-4-2-3-13(16)8-14/h2-8H,9-10,17H2,1H3. The predicted octanol–water partition coefficient (Wildman–Crippen LogP) is 2.78. The Morgan fingerprint density at radius 1 is 1.19 bits per heavy atom. The van der Waals surface area contributed by atoms with Crippen LogP contribution in [0.1, 0.15) is 11.1 Å². The van der Waals surface area contributed by atoms with Crippen molar-refractivity contribution in [2.45, 2.75) is 17.2 Å². The molecule has 0 saturated carbocycles. The van der Waals surface area contributed by atoms with E-state index in [0.717, 1.165) is 5.56 Å². The molecule has 0 radical (unpaired) electrons. The summed E-state index contributed by atoms with van der Waals surface area (Å²) in [5.74, 6) is 0.477. The number of hydrogen-bond acceptors (Lipinski definition) is 4. The number of nitrogens with two attached hydrogens (primary N) is 1. The Bertz CT molecular complexity index is 744. The number of ether oxygens (including phenoxy) is 1. The highest BCUT2D eigenvalue weighted by Gasteiger charge is 2.16. The number of halogens is 1. The summed E-state index contributed by atoms with van der Waals surface area (Å²) in [6.45, 7) is 0.338. The molecule has 112 valence electrons. The second-order valence-electron chi connectivity index (χ2n) is 4.57. The van der Waals surface area contributed by atoms with Crippen LogP contribution in [0, 0.1) is 0 Å². The van der Waals surface area contributed by atoms with Crippen molar-refractivity contribution in [3.8, 4) is 5.75 Å². The van der Waals surface area contributed by atoms with Crippen molar-refractivity contribution < 1.29 is 13.2 Å². The van der Waals surface area contributed by atoms with Crippen molar-refractivity contribution in [1.29, 1.82) is 0 Å². The van der Waals surface area contributed by atoms with Crippen LogP contribution >= 0.6 is 11.6 Å². The van der Waals surface area contributed by atoms with Crippen LogP contribution in [0.25, 0.3) is 0 Å². The van der Waals surface area contributed by atoms with Crippen molar-refractivity contribution in [2.75, 3.05) is 7.11 Å². The first-order chi connectivity index (χ1) is 9.96. The van der Waals surface area contributed by atoms with Gasteiger partial charge in [0, 0.05) is 17.1 Å². The van der Waals surface area contributed by atoms with E-state index in [-0.39, 0.29) is 10.6 Å². The van der Waals surface area contributed by atoms with E-state index < -0.39 is 9.84 Å². The maximum atomic E-state index is 12.4. The zero-order valence-corrected chi connectivity index (χ0v) is 13.1. The van der Waals surface area contributed by atoms with Crippen molar-refractivity contribution in [2.24, 2.45) is 5.73 Å². The van der Waals surface area contributed by atoms with Crippen LogP contribution in [0.3, 0.4) is 0 Å². The maximum absolute atomic E-state index is 12.4. The monoisotopic (exact) mass is 325 g/mol. The first-order valence-electron chi connectivity index (χ1n) is 6.30. The molecule has 2 aromatic carbocycles. The maximum Gasteiger partial charge on any atom is 0.182 e. The van der Waals surface area contributed by atoms with Gasteiger partial charge in [-0.2, -0.15) is 0 Å². The minimum Gasteiger partial charge on any atom is -0.496 e. The van der Waals surface area contributed by atoms with Crippen LogP contribution in [0.15, 0.2) is 47.4 Å². The van der Waals surface area contributed by atoms with Crippen molar-refractivity contribution >= 4 is 21.4 Å². The van der Waals surface area contributed by atoms with Gasteiger partial charge in [0.1, 0.15) is 5.75 Å². The third kappa shape index (κ3) is 3.75. The lowest BCUT2D eigenvalue weighted by molar-refractivity contribution is 0.409. The largest absolute Gasteiger partial charge is 0.496 e. The smallest absolute Gasteiger partial charge is 0.182 e. The molecule has 0 aliphatic heterocycles. The van der Waals surface area contributed by atoms with E-state index in [1.54, 1.807) is 30.3 Å². The Labute approximate surface area is 129 Å². The lowest BCUT2D eigenvalue weighted by Crippen LogP contribution is -2.06. The molecule has 0 bridgehead atoms. The average Bonchev–Trinajstić information content (AvgIpc) is 2.46. The molecule has 21 heavy (non-hydrogen) atoms. The molecular formula is C15H16ClNO3S. The van der Waals surface area contributed by atoms with E-state index in [1.165, 1.54) is 19.2 Å². The fourth-order valence-electron chi connectivity index (χ4n) is 2.01. The molecule has 2 aromatic rings. The molecule has 0 fully saturated rings. The molecule has 2 rings (SSSR count). The number of sulfone groups is 1. The van der Waals surface area contributed by atoms with Crippen molar-refractivity contribution in [3.63, 3.8) is 0 Å². The minimum absolute atomic E-state index is 0.117. The van der Waals surface area contributed by atoms with Gasteiger partial charge < -0.3 is 10.5 Å². The van der Waals surface area contributed by atoms with Crippen LogP contribution in [0.4, 0.5) is 0 Å². The van der Waals surface area contributed by atoms with E-state index in [2.05, 4.69) is 0 Å². The second-order valence-corrected chi connectivity index (χ2v) is 6.99. The third-order valence-corrected chi connectivity index (χ3v) is 5.00. The highest BCUT2D eigenvalue weighted by atomic mass is 35.5. The first kappa shape index (κ1) is 15.8. The molecule has 0 atom stereocenters. The third-order valence-electron chi connectivity index (χ3n) is 3.08. The minimum atomic E-state index is -3.45. The SMILES string of the molecule is COc1cc(CS(=O)(=O)c2cccc(Cl)c2)ccc1CN. The molecule has 0 unspecified atom stereocenters. The van der Waals surface area contributed by atoms with Crippen molar-refractivity contribution in [3.05, 3.63) is 58.6 Å². The summed E-state index contributed by atoms with van der Waals surface area (Å²) in [5.41, 5.74) is 7.08. The molecule has 0 aromatic heterocycles. The zero-order valence-electron chi connectivity index (χ0n) is 11.5. The van der Waals surface area contributed by atoms with Crippen LogP contribution in [-0.2, 0) is 22.1 Å². The molecule has 0 amide bonds. The Hall–Kier alpha value is -1.56. The fourth-order valence-corrected chi connectivity index (χ4v) is 3.64. The van der Waals surface area contributed by atoms with Crippen LogP contribution in [0.2, 0.25) is 5.02 Å². The van der Waals surface area contributed by atoms with Crippen molar-refractivity contribution in [1.82, 2.24) is 0 Å². The Morgan fingerprint density at radius 3 is 2.57 bits per heavy atom. The average molecular weight is 326 g/mol. The number of rotatable bonds is 5. The van der Waals surface area contributed by atoms with Gasteiger partial charge in [-0.15, -0.1) is 0 Å². The van der Waals surface area contributed by atoms with E-state index in [4.69, 9.17) is 22.1 Å². The van der Waals surface area contributed by atoms with E-state index >= 15 is 0 Å². The second kappa shape index (κ2) is 6.47. The lowest BCUT2D eigenvalue weighted by Gasteiger charge is -2.10. The number of methoxy groups -OCH3 is 1. The normalized spacial score (nSPS) is 11.4. The molecule has 2 N–H and O–H groups in total. The summed E-state index contributed by atoms with van der Waals surface area (Å²) in [4.78, 5) is 0.205. The molecule has 0 aliphatic carbocycles. The van der Waals surface area contributed by atoms with Gasteiger partial charge in [-0.25, -0.2) is 8.42 Å². The molecular weight excluding hydrogens is 310 g/mol. The number of hydrogen-bond donors (Lipinski definition) is 1. The quantitative estimate of drug-likeness (QED) is 0.917. The summed E-state index contributed by atoms with van der Waals surface area (Å²) >= 11 is 5.84.